The SMILES string of the molecule is CCC1[CH]CC1C. The molecule has 0 nitrogen and oxygen atoms in total. The van der Waals surface area contributed by atoms with Crippen LogP contribution in [0.2, 0.25) is 0 Å². The maximum absolute atomic E-state index is 2.42. The van der Waals surface area contributed by atoms with Crippen molar-refractivity contribution in [2.45, 2.75) is 26.7 Å². The Kier molecular flexibility index (Phi) is 1.36. The summed E-state index contributed by atoms with van der Waals surface area (Å²) < 4.78 is 0. The van der Waals surface area contributed by atoms with E-state index >= 15 is 0 Å². The Morgan fingerprint density at radius 3 is 2.43 bits per heavy atom. The van der Waals surface area contributed by atoms with Gasteiger partial charge < -0.3 is 0 Å². The molecule has 2 atom stereocenters. The van der Waals surface area contributed by atoms with Gasteiger partial charge in [0.2, 0.25) is 0 Å². The summed E-state index contributed by atoms with van der Waals surface area (Å²) in [6.45, 7) is 4.59. The van der Waals surface area contributed by atoms with E-state index in [9.17, 15) is 0 Å². The molecule has 0 aromatic carbocycles. The van der Waals surface area contributed by atoms with Gasteiger partial charge in [-0.25, -0.2) is 0 Å². The monoisotopic (exact) mass is 97.1 g/mol. The van der Waals surface area contributed by atoms with E-state index in [-0.39, 0.29) is 0 Å². The normalized spacial score (nSPS) is 40.3. The molecule has 0 bridgehead atoms. The van der Waals surface area contributed by atoms with Gasteiger partial charge in [-0.05, 0) is 24.7 Å². The van der Waals surface area contributed by atoms with E-state index in [0.29, 0.717) is 0 Å². The van der Waals surface area contributed by atoms with E-state index in [0.717, 1.165) is 11.8 Å². The van der Waals surface area contributed by atoms with E-state index in [1.807, 2.05) is 0 Å². The Balaban J connectivity index is 2.16. The van der Waals surface area contributed by atoms with Crippen molar-refractivity contribution in [1.29, 1.82) is 0 Å². The molecule has 0 aromatic rings. The highest BCUT2D eigenvalue weighted by atomic mass is 14.3. The lowest BCUT2D eigenvalue weighted by Crippen LogP contribution is -2.22. The van der Waals surface area contributed by atoms with E-state index < -0.39 is 0 Å². The molecule has 1 radical (unpaired) electrons. The summed E-state index contributed by atoms with van der Waals surface area (Å²) in [5.41, 5.74) is 0. The molecule has 0 aromatic heterocycles. The van der Waals surface area contributed by atoms with Crippen LogP contribution in [0.3, 0.4) is 0 Å². The smallest absolute Gasteiger partial charge is 0.0349 e. The third-order valence-corrected chi connectivity index (χ3v) is 2.01. The first-order chi connectivity index (χ1) is 3.34. The van der Waals surface area contributed by atoms with Crippen molar-refractivity contribution in [2.75, 3.05) is 0 Å². The average molecular weight is 97.2 g/mol. The summed E-state index contributed by atoms with van der Waals surface area (Å²) in [7, 11) is 0. The largest absolute Gasteiger partial charge is 0.0651 e. The van der Waals surface area contributed by atoms with Gasteiger partial charge in [-0.2, -0.15) is 0 Å². The molecular formula is C7H13. The second-order valence-corrected chi connectivity index (χ2v) is 2.52. The summed E-state index contributed by atoms with van der Waals surface area (Å²) in [4.78, 5) is 0. The minimum atomic E-state index is 0.958. The van der Waals surface area contributed by atoms with Gasteiger partial charge in [0.05, 0.1) is 0 Å². The van der Waals surface area contributed by atoms with Crippen molar-refractivity contribution >= 4 is 0 Å². The van der Waals surface area contributed by atoms with Crippen LogP contribution in [0.4, 0.5) is 0 Å². The van der Waals surface area contributed by atoms with Crippen LogP contribution in [-0.4, -0.2) is 0 Å². The van der Waals surface area contributed by atoms with Crippen LogP contribution in [0.15, 0.2) is 0 Å². The van der Waals surface area contributed by atoms with Crippen LogP contribution in [0, 0.1) is 18.3 Å². The van der Waals surface area contributed by atoms with E-state index in [4.69, 9.17) is 0 Å². The van der Waals surface area contributed by atoms with Crippen LogP contribution in [0.1, 0.15) is 26.7 Å². The first-order valence-corrected chi connectivity index (χ1v) is 3.18. The van der Waals surface area contributed by atoms with Crippen LogP contribution in [0.5, 0.6) is 0 Å². The van der Waals surface area contributed by atoms with Crippen LogP contribution in [0.25, 0.3) is 0 Å². The zero-order valence-electron chi connectivity index (χ0n) is 5.15. The molecule has 0 heterocycles. The lowest BCUT2D eigenvalue weighted by molar-refractivity contribution is 0.283. The lowest BCUT2D eigenvalue weighted by Gasteiger charge is -2.32. The molecule has 1 aliphatic rings. The molecule has 41 valence electrons. The van der Waals surface area contributed by atoms with Crippen molar-refractivity contribution in [3.05, 3.63) is 6.42 Å². The third-order valence-electron chi connectivity index (χ3n) is 2.01. The first-order valence-electron chi connectivity index (χ1n) is 3.18. The summed E-state index contributed by atoms with van der Waals surface area (Å²) >= 11 is 0. The zero-order chi connectivity index (χ0) is 5.28. The molecule has 1 rings (SSSR count). The Labute approximate surface area is 45.9 Å². The quantitative estimate of drug-likeness (QED) is 0.470. The molecule has 2 unspecified atom stereocenters. The molecule has 7 heavy (non-hydrogen) atoms. The molecule has 0 amide bonds. The van der Waals surface area contributed by atoms with Gasteiger partial charge in [-0.15, -0.1) is 0 Å². The highest BCUT2D eigenvalue weighted by molar-refractivity contribution is 4.91. The minimum Gasteiger partial charge on any atom is -0.0651 e. The van der Waals surface area contributed by atoms with Crippen LogP contribution < -0.4 is 0 Å². The molecule has 0 aliphatic heterocycles. The highest BCUT2D eigenvalue weighted by Gasteiger charge is 2.24. The summed E-state index contributed by atoms with van der Waals surface area (Å²) in [5, 5.41) is 0. The molecular weight excluding hydrogens is 84.1 g/mol. The molecule has 1 aliphatic carbocycles. The maximum atomic E-state index is 2.42. The Hall–Kier alpha value is 0. The summed E-state index contributed by atoms with van der Waals surface area (Å²) in [6.07, 6.45) is 5.13. The van der Waals surface area contributed by atoms with Gasteiger partial charge in [0.1, 0.15) is 0 Å². The first kappa shape index (κ1) is 5.14. The maximum Gasteiger partial charge on any atom is -0.0349 e. The van der Waals surface area contributed by atoms with E-state index in [1.165, 1.54) is 12.8 Å². The van der Waals surface area contributed by atoms with Gasteiger partial charge >= 0.3 is 0 Å². The molecule has 1 fully saturated rings. The third kappa shape index (κ3) is 0.793. The molecule has 0 N–H and O–H groups in total. The standard InChI is InChI=1S/C7H13/c1-3-7-5-4-6(7)2/h5-7H,3-4H2,1-2H3. The molecule has 0 spiro atoms. The molecule has 0 heteroatoms. The fraction of sp³-hybridized carbons (Fsp3) is 0.857. The fourth-order valence-corrected chi connectivity index (χ4v) is 1.17. The van der Waals surface area contributed by atoms with E-state index in [2.05, 4.69) is 20.3 Å². The topological polar surface area (TPSA) is 0 Å². The van der Waals surface area contributed by atoms with E-state index in [1.54, 1.807) is 0 Å². The lowest BCUT2D eigenvalue weighted by atomic mass is 9.74. The van der Waals surface area contributed by atoms with Crippen molar-refractivity contribution in [2.24, 2.45) is 11.8 Å². The highest BCUT2D eigenvalue weighted by Crippen LogP contribution is 2.34. The predicted octanol–water partition coefficient (Wildman–Crippen LogP) is 2.26. The number of hydrogen-bond acceptors (Lipinski definition) is 0. The van der Waals surface area contributed by atoms with Crippen molar-refractivity contribution in [3.8, 4) is 0 Å². The number of hydrogen-bond donors (Lipinski definition) is 0. The van der Waals surface area contributed by atoms with Crippen molar-refractivity contribution < 1.29 is 0 Å². The van der Waals surface area contributed by atoms with Gasteiger partial charge in [0.25, 0.3) is 0 Å². The van der Waals surface area contributed by atoms with Gasteiger partial charge in [0, 0.05) is 0 Å². The van der Waals surface area contributed by atoms with Gasteiger partial charge in [-0.3, -0.25) is 0 Å². The van der Waals surface area contributed by atoms with Crippen LogP contribution in [-0.2, 0) is 0 Å². The van der Waals surface area contributed by atoms with Gasteiger partial charge in [-0.1, -0.05) is 20.3 Å². The fourth-order valence-electron chi connectivity index (χ4n) is 1.17. The summed E-state index contributed by atoms with van der Waals surface area (Å²) in [5.74, 6) is 1.95. The zero-order valence-corrected chi connectivity index (χ0v) is 5.15. The van der Waals surface area contributed by atoms with Gasteiger partial charge in [0.15, 0.2) is 0 Å². The van der Waals surface area contributed by atoms with Crippen molar-refractivity contribution in [1.82, 2.24) is 0 Å². The average Bonchev–Trinajstić information content (AvgIpc) is 1.65. The Morgan fingerprint density at radius 2 is 2.43 bits per heavy atom. The molecule has 0 saturated heterocycles. The van der Waals surface area contributed by atoms with Crippen LogP contribution >= 0.6 is 0 Å². The molecule has 1 saturated carbocycles. The Morgan fingerprint density at radius 1 is 1.71 bits per heavy atom. The predicted molar refractivity (Wildman–Crippen MR) is 31.9 cm³/mol. The second kappa shape index (κ2) is 1.85. The second-order valence-electron chi connectivity index (χ2n) is 2.52. The Bertz CT molecular complexity index is 55.1. The van der Waals surface area contributed by atoms with Crippen molar-refractivity contribution in [3.63, 3.8) is 0 Å². The minimum absolute atomic E-state index is 0.958. The summed E-state index contributed by atoms with van der Waals surface area (Å²) in [6, 6.07) is 0. The number of rotatable bonds is 1.